The summed E-state index contributed by atoms with van der Waals surface area (Å²) >= 11 is 0. The molecule has 0 fully saturated rings. The number of aromatic nitrogens is 1. The lowest BCUT2D eigenvalue weighted by molar-refractivity contribution is -0.732. The number of carbonyl (C=O) groups is 1. The Bertz CT molecular complexity index is 1110. The van der Waals surface area contributed by atoms with Gasteiger partial charge in [-0.25, -0.2) is 4.79 Å². The molecule has 0 saturated carbocycles. The minimum Gasteiger partial charge on any atom is -0.493 e. The maximum absolute atomic E-state index is 12.1. The van der Waals surface area contributed by atoms with Crippen LogP contribution in [0.2, 0.25) is 0 Å². The van der Waals surface area contributed by atoms with Crippen molar-refractivity contribution in [3.63, 3.8) is 0 Å². The van der Waals surface area contributed by atoms with E-state index in [1.165, 1.54) is 0 Å². The SMILES string of the molecule is COc1ccc(-c2cc3cc(OC)c(OC)cc3c[n+]2C(C)(C)C(=O)O)cc1OC. The first-order valence-electron chi connectivity index (χ1n) is 9.34. The van der Waals surface area contributed by atoms with Crippen molar-refractivity contribution in [3.8, 4) is 34.3 Å². The third-order valence-electron chi connectivity index (χ3n) is 5.21. The molecule has 0 aliphatic rings. The molecule has 2 aromatic carbocycles. The van der Waals surface area contributed by atoms with Crippen LogP contribution in [0.15, 0.2) is 42.6 Å². The number of nitrogens with zero attached hydrogens (tertiary/aromatic N) is 1. The second-order valence-electron chi connectivity index (χ2n) is 7.30. The summed E-state index contributed by atoms with van der Waals surface area (Å²) in [7, 11) is 6.28. The Morgan fingerprint density at radius 1 is 0.800 bits per heavy atom. The van der Waals surface area contributed by atoms with Crippen molar-refractivity contribution in [2.75, 3.05) is 28.4 Å². The highest BCUT2D eigenvalue weighted by Crippen LogP contribution is 2.36. The minimum absolute atomic E-state index is 0.557. The number of fused-ring (bicyclic) bond motifs is 1. The molecule has 0 bridgehead atoms. The molecule has 1 N–H and O–H groups in total. The Hall–Kier alpha value is -3.48. The van der Waals surface area contributed by atoms with Gasteiger partial charge in [0.15, 0.2) is 29.2 Å². The summed E-state index contributed by atoms with van der Waals surface area (Å²) in [6, 6.07) is 11.1. The van der Waals surface area contributed by atoms with Crippen molar-refractivity contribution in [1.82, 2.24) is 0 Å². The van der Waals surface area contributed by atoms with E-state index in [0.717, 1.165) is 16.3 Å². The number of carboxylic acid groups (broad SMARTS) is 1. The molecule has 0 atom stereocenters. The minimum atomic E-state index is -1.20. The van der Waals surface area contributed by atoms with Gasteiger partial charge in [0.2, 0.25) is 5.69 Å². The van der Waals surface area contributed by atoms with Crippen molar-refractivity contribution in [2.45, 2.75) is 19.4 Å². The lowest BCUT2D eigenvalue weighted by atomic mass is 9.99. The molecular weight excluding hydrogens is 386 g/mol. The zero-order chi connectivity index (χ0) is 22.1. The van der Waals surface area contributed by atoms with E-state index in [-0.39, 0.29) is 0 Å². The summed E-state index contributed by atoms with van der Waals surface area (Å²) in [6.07, 6.45) is 1.82. The lowest BCUT2D eigenvalue weighted by Crippen LogP contribution is -2.58. The molecule has 158 valence electrons. The van der Waals surface area contributed by atoms with E-state index in [9.17, 15) is 9.90 Å². The van der Waals surface area contributed by atoms with E-state index >= 15 is 0 Å². The van der Waals surface area contributed by atoms with Gasteiger partial charge in [0.1, 0.15) is 0 Å². The summed E-state index contributed by atoms with van der Waals surface area (Å²) in [5, 5.41) is 11.6. The quantitative estimate of drug-likeness (QED) is 0.597. The number of ether oxygens (including phenoxy) is 4. The Morgan fingerprint density at radius 2 is 1.33 bits per heavy atom. The highest BCUT2D eigenvalue weighted by atomic mass is 16.5. The van der Waals surface area contributed by atoms with Crippen LogP contribution in [-0.4, -0.2) is 39.5 Å². The number of hydrogen-bond acceptors (Lipinski definition) is 5. The van der Waals surface area contributed by atoms with Gasteiger partial charge in [-0.3, -0.25) is 0 Å². The van der Waals surface area contributed by atoms with Gasteiger partial charge in [-0.05, 0) is 35.7 Å². The number of hydrogen-bond donors (Lipinski definition) is 1. The normalized spacial score (nSPS) is 11.3. The molecule has 0 unspecified atom stereocenters. The molecule has 7 heteroatoms. The summed E-state index contributed by atoms with van der Waals surface area (Å²) in [6.45, 7) is 3.32. The van der Waals surface area contributed by atoms with Crippen LogP contribution in [0.1, 0.15) is 13.8 Å². The van der Waals surface area contributed by atoms with Gasteiger partial charge in [-0.2, -0.15) is 4.57 Å². The third kappa shape index (κ3) is 3.58. The van der Waals surface area contributed by atoms with E-state index < -0.39 is 11.5 Å². The molecule has 30 heavy (non-hydrogen) atoms. The first-order valence-corrected chi connectivity index (χ1v) is 9.34. The number of methoxy groups -OCH3 is 4. The van der Waals surface area contributed by atoms with Crippen LogP contribution in [0.3, 0.4) is 0 Å². The highest BCUT2D eigenvalue weighted by molar-refractivity contribution is 5.87. The van der Waals surface area contributed by atoms with Crippen LogP contribution in [0.25, 0.3) is 22.0 Å². The van der Waals surface area contributed by atoms with E-state index in [4.69, 9.17) is 18.9 Å². The largest absolute Gasteiger partial charge is 0.493 e. The molecule has 0 aliphatic carbocycles. The van der Waals surface area contributed by atoms with E-state index in [1.807, 2.05) is 36.5 Å². The molecule has 1 heterocycles. The van der Waals surface area contributed by atoms with Crippen molar-refractivity contribution in [1.29, 1.82) is 0 Å². The lowest BCUT2D eigenvalue weighted by Gasteiger charge is -2.19. The summed E-state index contributed by atoms with van der Waals surface area (Å²) in [5.41, 5.74) is 0.297. The van der Waals surface area contributed by atoms with Crippen molar-refractivity contribution < 1.29 is 33.4 Å². The summed E-state index contributed by atoms with van der Waals surface area (Å²) < 4.78 is 23.3. The highest BCUT2D eigenvalue weighted by Gasteiger charge is 2.40. The Kier molecular flexibility index (Phi) is 5.73. The molecule has 0 aliphatic heterocycles. The van der Waals surface area contributed by atoms with Gasteiger partial charge >= 0.3 is 5.97 Å². The van der Waals surface area contributed by atoms with Crippen LogP contribution in [0, 0.1) is 0 Å². The van der Waals surface area contributed by atoms with Gasteiger partial charge in [0.25, 0.3) is 5.54 Å². The topological polar surface area (TPSA) is 78.1 Å². The summed E-state index contributed by atoms with van der Waals surface area (Å²) in [4.78, 5) is 12.1. The average molecular weight is 412 g/mol. The fourth-order valence-electron chi connectivity index (χ4n) is 3.36. The third-order valence-corrected chi connectivity index (χ3v) is 5.21. The molecule has 3 rings (SSSR count). The van der Waals surface area contributed by atoms with Crippen LogP contribution in [0.5, 0.6) is 23.0 Å². The second kappa shape index (κ2) is 8.10. The standard InChI is InChI=1S/C23H25NO6/c1-23(2,22(25)26)24-13-16-12-21(30-6)20(29-5)11-15(16)9-17(24)14-7-8-18(27-3)19(10-14)28-4/h7-13H,1-6H3/p+1. The Balaban J connectivity index is 2.36. The van der Waals surface area contributed by atoms with Gasteiger partial charge in [-0.1, -0.05) is 0 Å². The van der Waals surface area contributed by atoms with Gasteiger partial charge in [0, 0.05) is 25.3 Å². The van der Waals surface area contributed by atoms with Crippen molar-refractivity contribution in [2.24, 2.45) is 0 Å². The van der Waals surface area contributed by atoms with Gasteiger partial charge in [-0.15, -0.1) is 0 Å². The van der Waals surface area contributed by atoms with Crippen LogP contribution >= 0.6 is 0 Å². The number of carboxylic acids is 1. The molecule has 0 radical (unpaired) electrons. The predicted molar refractivity (Wildman–Crippen MR) is 113 cm³/mol. The smallest absolute Gasteiger partial charge is 0.376 e. The number of benzene rings is 2. The molecule has 3 aromatic rings. The van der Waals surface area contributed by atoms with E-state index in [0.29, 0.717) is 28.7 Å². The number of rotatable bonds is 7. The predicted octanol–water partition coefficient (Wildman–Crippen LogP) is 3.65. The molecule has 0 amide bonds. The zero-order valence-electron chi connectivity index (χ0n) is 18.0. The molecule has 7 nitrogen and oxygen atoms in total. The molecule has 1 aromatic heterocycles. The maximum Gasteiger partial charge on any atom is 0.376 e. The van der Waals surface area contributed by atoms with E-state index in [1.54, 1.807) is 52.9 Å². The van der Waals surface area contributed by atoms with E-state index in [2.05, 4.69) is 0 Å². The number of pyridine rings is 1. The van der Waals surface area contributed by atoms with Crippen LogP contribution < -0.4 is 23.5 Å². The molecule has 0 saturated heterocycles. The van der Waals surface area contributed by atoms with Crippen molar-refractivity contribution in [3.05, 3.63) is 42.6 Å². The second-order valence-corrected chi connectivity index (χ2v) is 7.30. The Morgan fingerprint density at radius 3 is 1.87 bits per heavy atom. The van der Waals surface area contributed by atoms with Crippen molar-refractivity contribution >= 4 is 16.7 Å². The zero-order valence-corrected chi connectivity index (χ0v) is 18.0. The first kappa shape index (κ1) is 21.2. The monoisotopic (exact) mass is 412 g/mol. The maximum atomic E-state index is 12.1. The van der Waals surface area contributed by atoms with Crippen LogP contribution in [-0.2, 0) is 10.3 Å². The van der Waals surface area contributed by atoms with Gasteiger partial charge < -0.3 is 24.1 Å². The first-order chi connectivity index (χ1) is 14.3. The number of aliphatic carboxylic acids is 1. The Labute approximate surface area is 175 Å². The molecular formula is C23H26NO6+. The van der Waals surface area contributed by atoms with Gasteiger partial charge in [0.05, 0.1) is 34.0 Å². The fourth-order valence-corrected chi connectivity index (χ4v) is 3.36. The average Bonchev–Trinajstić information content (AvgIpc) is 2.76. The fraction of sp³-hybridized carbons (Fsp3) is 0.304. The summed E-state index contributed by atoms with van der Waals surface area (Å²) in [5.74, 6) is 1.37. The molecule has 0 spiro atoms. The van der Waals surface area contributed by atoms with Crippen LogP contribution in [0.4, 0.5) is 0 Å².